The molecule has 0 fully saturated rings. The van der Waals surface area contributed by atoms with Crippen LogP contribution in [0.2, 0.25) is 0 Å². The lowest BCUT2D eigenvalue weighted by Crippen LogP contribution is -2.31. The predicted molar refractivity (Wildman–Crippen MR) is 77.0 cm³/mol. The van der Waals surface area contributed by atoms with Crippen LogP contribution in [0.5, 0.6) is 0 Å². The summed E-state index contributed by atoms with van der Waals surface area (Å²) in [5, 5.41) is 10.6. The second-order valence-electron chi connectivity index (χ2n) is 5.21. The third kappa shape index (κ3) is 6.39. The maximum absolute atomic E-state index is 11.6. The number of hydrogen-bond donors (Lipinski definition) is 1. The summed E-state index contributed by atoms with van der Waals surface area (Å²) in [7, 11) is 0. The van der Waals surface area contributed by atoms with Gasteiger partial charge < -0.3 is 0 Å². The molecule has 1 aromatic carbocycles. The van der Waals surface area contributed by atoms with Crippen molar-refractivity contribution in [1.82, 2.24) is 5.06 Å². The zero-order chi connectivity index (χ0) is 14.1. The Kier molecular flexibility index (Phi) is 7.19. The Hall–Kier alpha value is -1.35. The highest BCUT2D eigenvalue weighted by Crippen LogP contribution is 2.11. The fraction of sp³-hybridized carbons (Fsp3) is 0.562. The highest BCUT2D eigenvalue weighted by molar-refractivity contribution is 5.74. The van der Waals surface area contributed by atoms with E-state index < -0.39 is 0 Å². The summed E-state index contributed by atoms with van der Waals surface area (Å²) in [4.78, 5) is 11.6. The number of unbranched alkanes of at least 4 members (excludes halogenated alkanes) is 1. The van der Waals surface area contributed by atoms with E-state index in [2.05, 4.69) is 19.1 Å². The fourth-order valence-corrected chi connectivity index (χ4v) is 2.00. The molecule has 1 rings (SSSR count). The third-order valence-corrected chi connectivity index (χ3v) is 3.29. The van der Waals surface area contributed by atoms with Gasteiger partial charge in [0.15, 0.2) is 0 Å². The minimum atomic E-state index is -0.159. The lowest BCUT2D eigenvalue weighted by Gasteiger charge is -2.19. The number of benzene rings is 1. The Balaban J connectivity index is 2.26. The van der Waals surface area contributed by atoms with Crippen LogP contribution in [0.3, 0.4) is 0 Å². The van der Waals surface area contributed by atoms with Crippen LogP contribution >= 0.6 is 0 Å². The molecule has 0 heterocycles. The number of amides is 1. The van der Waals surface area contributed by atoms with Gasteiger partial charge in [0.25, 0.3) is 0 Å². The maximum Gasteiger partial charge on any atom is 0.245 e. The van der Waals surface area contributed by atoms with Crippen molar-refractivity contribution in [3.8, 4) is 0 Å². The van der Waals surface area contributed by atoms with Gasteiger partial charge >= 0.3 is 0 Å². The lowest BCUT2D eigenvalue weighted by atomic mass is 10.0. The number of hydroxylamine groups is 2. The zero-order valence-corrected chi connectivity index (χ0v) is 12.0. The van der Waals surface area contributed by atoms with E-state index in [1.807, 2.05) is 25.1 Å². The summed E-state index contributed by atoms with van der Waals surface area (Å²) in [5.74, 6) is 0.143. The molecule has 0 spiro atoms. The molecule has 0 saturated carbocycles. The van der Waals surface area contributed by atoms with E-state index in [4.69, 9.17) is 0 Å². The number of aryl methyl sites for hydroxylation is 1. The maximum atomic E-state index is 11.6. The molecule has 0 radical (unpaired) electrons. The molecule has 1 atom stereocenters. The lowest BCUT2D eigenvalue weighted by molar-refractivity contribution is -0.167. The molecule has 0 aromatic heterocycles. The second-order valence-corrected chi connectivity index (χ2v) is 5.21. The first kappa shape index (κ1) is 15.7. The van der Waals surface area contributed by atoms with E-state index in [1.165, 1.54) is 5.56 Å². The van der Waals surface area contributed by atoms with E-state index in [-0.39, 0.29) is 5.91 Å². The average Bonchev–Trinajstić information content (AvgIpc) is 2.43. The van der Waals surface area contributed by atoms with Crippen LogP contribution in [-0.4, -0.2) is 22.7 Å². The third-order valence-electron chi connectivity index (χ3n) is 3.29. The molecule has 0 bridgehead atoms. The van der Waals surface area contributed by atoms with Gasteiger partial charge in [0, 0.05) is 6.42 Å². The van der Waals surface area contributed by atoms with Gasteiger partial charge in [-0.25, -0.2) is 5.06 Å². The minimum absolute atomic E-state index is 0.159. The summed E-state index contributed by atoms with van der Waals surface area (Å²) in [6.45, 7) is 4.53. The Morgan fingerprint density at radius 2 is 2.00 bits per heavy atom. The molecule has 3 nitrogen and oxygen atoms in total. The fourth-order valence-electron chi connectivity index (χ4n) is 2.00. The standard InChI is InChI=1S/C16H25NO2/c1-3-4-10-16(18)17(19)13-14(2)11-12-15-8-6-5-7-9-15/h5-9,14,19H,3-4,10-13H2,1-2H3. The Morgan fingerprint density at radius 1 is 1.32 bits per heavy atom. The van der Waals surface area contributed by atoms with Crippen LogP contribution < -0.4 is 0 Å². The van der Waals surface area contributed by atoms with Crippen molar-refractivity contribution in [1.29, 1.82) is 0 Å². The van der Waals surface area contributed by atoms with Crippen molar-refractivity contribution in [2.45, 2.75) is 46.0 Å². The van der Waals surface area contributed by atoms with Crippen molar-refractivity contribution in [3.63, 3.8) is 0 Å². The van der Waals surface area contributed by atoms with E-state index in [0.29, 0.717) is 18.9 Å². The van der Waals surface area contributed by atoms with Gasteiger partial charge in [-0.1, -0.05) is 50.6 Å². The van der Waals surface area contributed by atoms with Crippen molar-refractivity contribution >= 4 is 5.91 Å². The molecule has 0 aliphatic heterocycles. The van der Waals surface area contributed by atoms with Crippen molar-refractivity contribution in [3.05, 3.63) is 35.9 Å². The van der Waals surface area contributed by atoms with E-state index in [9.17, 15) is 10.0 Å². The smallest absolute Gasteiger partial charge is 0.245 e. The molecule has 3 heteroatoms. The highest BCUT2D eigenvalue weighted by Gasteiger charge is 2.13. The first-order valence-electron chi connectivity index (χ1n) is 7.16. The van der Waals surface area contributed by atoms with Gasteiger partial charge in [0.2, 0.25) is 5.91 Å². The molecule has 0 aliphatic carbocycles. The summed E-state index contributed by atoms with van der Waals surface area (Å²) in [6, 6.07) is 10.3. The van der Waals surface area contributed by atoms with E-state index >= 15 is 0 Å². The molecule has 1 N–H and O–H groups in total. The average molecular weight is 263 g/mol. The van der Waals surface area contributed by atoms with Crippen LogP contribution in [0, 0.1) is 5.92 Å². The second kappa shape index (κ2) is 8.70. The van der Waals surface area contributed by atoms with Gasteiger partial charge in [0.1, 0.15) is 0 Å². The van der Waals surface area contributed by atoms with Gasteiger partial charge in [0.05, 0.1) is 6.54 Å². The topological polar surface area (TPSA) is 40.5 Å². The Morgan fingerprint density at radius 3 is 2.63 bits per heavy atom. The van der Waals surface area contributed by atoms with E-state index in [1.54, 1.807) is 0 Å². The van der Waals surface area contributed by atoms with Gasteiger partial charge in [-0.2, -0.15) is 0 Å². The molecular formula is C16H25NO2. The van der Waals surface area contributed by atoms with E-state index in [0.717, 1.165) is 30.7 Å². The summed E-state index contributed by atoms with van der Waals surface area (Å²) in [5.41, 5.74) is 1.30. The SMILES string of the molecule is CCCCC(=O)N(O)CC(C)CCc1ccccc1. The quantitative estimate of drug-likeness (QED) is 0.574. The first-order chi connectivity index (χ1) is 9.13. The predicted octanol–water partition coefficient (Wildman–Crippen LogP) is 3.66. The number of rotatable bonds is 8. The zero-order valence-electron chi connectivity index (χ0n) is 12.0. The summed E-state index contributed by atoms with van der Waals surface area (Å²) < 4.78 is 0. The van der Waals surface area contributed by atoms with Gasteiger partial charge in [-0.3, -0.25) is 10.0 Å². The van der Waals surface area contributed by atoms with Crippen LogP contribution in [0.1, 0.15) is 45.1 Å². The van der Waals surface area contributed by atoms with Crippen molar-refractivity contribution < 1.29 is 10.0 Å². The van der Waals surface area contributed by atoms with Crippen molar-refractivity contribution in [2.75, 3.05) is 6.54 Å². The largest absolute Gasteiger partial charge is 0.286 e. The first-order valence-corrected chi connectivity index (χ1v) is 7.16. The molecule has 1 unspecified atom stereocenters. The molecule has 0 saturated heterocycles. The Bertz CT molecular complexity index is 364. The van der Waals surface area contributed by atoms with Crippen LogP contribution in [0.25, 0.3) is 0 Å². The summed E-state index contributed by atoms with van der Waals surface area (Å²) >= 11 is 0. The van der Waals surface area contributed by atoms with Crippen LogP contribution in [0.15, 0.2) is 30.3 Å². The molecule has 0 aliphatic rings. The number of carbonyl (C=O) groups is 1. The van der Waals surface area contributed by atoms with Gasteiger partial charge in [-0.15, -0.1) is 0 Å². The number of hydrogen-bond acceptors (Lipinski definition) is 2. The highest BCUT2D eigenvalue weighted by atomic mass is 16.5. The Labute approximate surface area is 116 Å². The minimum Gasteiger partial charge on any atom is -0.286 e. The molecule has 106 valence electrons. The molecule has 1 amide bonds. The molecule has 19 heavy (non-hydrogen) atoms. The molecule has 1 aromatic rings. The molecular weight excluding hydrogens is 238 g/mol. The number of carbonyl (C=O) groups excluding carboxylic acids is 1. The summed E-state index contributed by atoms with van der Waals surface area (Å²) in [6.07, 6.45) is 4.22. The van der Waals surface area contributed by atoms with Gasteiger partial charge in [-0.05, 0) is 30.7 Å². The van der Waals surface area contributed by atoms with Crippen LogP contribution in [0.4, 0.5) is 0 Å². The normalized spacial score (nSPS) is 12.2. The number of nitrogens with zero attached hydrogens (tertiary/aromatic N) is 1. The van der Waals surface area contributed by atoms with Crippen LogP contribution in [-0.2, 0) is 11.2 Å². The monoisotopic (exact) mass is 263 g/mol. The van der Waals surface area contributed by atoms with Crippen molar-refractivity contribution in [2.24, 2.45) is 5.92 Å².